The molecule has 1 saturated heterocycles. The third kappa shape index (κ3) is 4.33. The number of hydrogen-bond acceptors (Lipinski definition) is 6. The summed E-state index contributed by atoms with van der Waals surface area (Å²) in [7, 11) is -2.84. The highest BCUT2D eigenvalue weighted by Gasteiger charge is 2.35. The fourth-order valence-electron chi connectivity index (χ4n) is 5.21. The highest BCUT2D eigenvalue weighted by molar-refractivity contribution is 8.24. The maximum atomic E-state index is 11.8. The van der Waals surface area contributed by atoms with E-state index in [1.54, 1.807) is 6.92 Å². The van der Waals surface area contributed by atoms with Gasteiger partial charge in [-0.05, 0) is 44.0 Å². The lowest BCUT2D eigenvalue weighted by Crippen LogP contribution is -2.47. The van der Waals surface area contributed by atoms with Crippen molar-refractivity contribution in [3.05, 3.63) is 59.7 Å². The first-order chi connectivity index (χ1) is 16.1. The Balaban J connectivity index is 1.56. The molecule has 3 aromatic rings. The molecule has 8 heteroatoms. The normalized spacial score (nSPS) is 22.9. The second kappa shape index (κ2) is 8.45. The van der Waals surface area contributed by atoms with E-state index in [0.29, 0.717) is 18.0 Å². The molecule has 1 amide bonds. The Labute approximate surface area is 202 Å². The van der Waals surface area contributed by atoms with Crippen LogP contribution in [0.5, 0.6) is 0 Å². The van der Waals surface area contributed by atoms with Crippen LogP contribution in [0.15, 0.2) is 53.4 Å². The zero-order chi connectivity index (χ0) is 24.1. The van der Waals surface area contributed by atoms with E-state index >= 15 is 0 Å². The van der Waals surface area contributed by atoms with E-state index in [-0.39, 0.29) is 17.2 Å². The van der Waals surface area contributed by atoms with Crippen molar-refractivity contribution in [1.82, 2.24) is 10.3 Å². The minimum Gasteiger partial charge on any atom is -0.368 e. The van der Waals surface area contributed by atoms with Crippen LogP contribution >= 0.6 is 10.6 Å². The predicted octanol–water partition coefficient (Wildman–Crippen LogP) is 4.78. The fraction of sp³-hybridized carbons (Fsp3) is 0.385. The van der Waals surface area contributed by atoms with E-state index < -0.39 is 10.6 Å². The van der Waals surface area contributed by atoms with Crippen molar-refractivity contribution in [2.75, 3.05) is 35.2 Å². The lowest BCUT2D eigenvalue weighted by molar-refractivity contribution is -0.120. The van der Waals surface area contributed by atoms with Gasteiger partial charge in [-0.15, -0.1) is 0 Å². The van der Waals surface area contributed by atoms with Crippen LogP contribution in [0.1, 0.15) is 31.4 Å². The van der Waals surface area contributed by atoms with Gasteiger partial charge in [0, 0.05) is 50.2 Å². The highest BCUT2D eigenvalue weighted by Crippen LogP contribution is 2.51. The number of pyridine rings is 1. The minimum atomic E-state index is -2.84. The van der Waals surface area contributed by atoms with Gasteiger partial charge in [-0.3, -0.25) is 13.9 Å². The molecule has 2 aliphatic rings. The number of aryl methyl sites for hydroxylation is 1. The van der Waals surface area contributed by atoms with Crippen molar-refractivity contribution >= 4 is 38.9 Å². The number of nitrogens with one attached hydrogen (secondary N) is 1. The molecule has 1 atom stereocenters. The molecule has 0 saturated carbocycles. The van der Waals surface area contributed by atoms with Gasteiger partial charge in [-0.25, -0.2) is 4.98 Å². The summed E-state index contributed by atoms with van der Waals surface area (Å²) in [4.78, 5) is 21.9. The predicted molar refractivity (Wildman–Crippen MR) is 139 cm³/mol. The molecule has 3 heterocycles. The van der Waals surface area contributed by atoms with Crippen LogP contribution in [0.3, 0.4) is 0 Å². The number of rotatable bonds is 3. The van der Waals surface area contributed by atoms with Crippen molar-refractivity contribution < 1.29 is 13.9 Å². The number of aromatic nitrogens is 1. The van der Waals surface area contributed by atoms with E-state index in [2.05, 4.69) is 53.2 Å². The third-order valence-electron chi connectivity index (χ3n) is 6.88. The smallest absolute Gasteiger partial charge is 0.217 e. The average Bonchev–Trinajstić information content (AvgIpc) is 3.10. The van der Waals surface area contributed by atoms with Crippen LogP contribution in [-0.4, -0.2) is 50.9 Å². The Morgan fingerprint density at radius 2 is 1.91 bits per heavy atom. The standard InChI is InChI=1S/C26H32N4O3S/c1-18-8-9-22-21(14-18)23(30-11-10-26(3,17-30)28-19(2)31)15-25(27-22)29-12-13-34(32,33)24-7-5-4-6-20(24)16-29/h4-9,14-15,32-33H,10-13,16-17H2,1-3H3,(H,28,31). The molecule has 34 heavy (non-hydrogen) atoms. The molecule has 2 aromatic carbocycles. The Morgan fingerprint density at radius 1 is 1.12 bits per heavy atom. The fourth-order valence-corrected chi connectivity index (χ4v) is 6.75. The van der Waals surface area contributed by atoms with E-state index in [1.807, 2.05) is 24.3 Å². The van der Waals surface area contributed by atoms with E-state index in [0.717, 1.165) is 47.5 Å². The average molecular weight is 481 g/mol. The van der Waals surface area contributed by atoms with E-state index in [1.165, 1.54) is 5.56 Å². The largest absolute Gasteiger partial charge is 0.368 e. The lowest BCUT2D eigenvalue weighted by Gasteiger charge is -2.32. The molecule has 180 valence electrons. The Bertz CT molecular complexity index is 1260. The molecule has 2 aliphatic heterocycles. The monoisotopic (exact) mass is 480 g/mol. The molecule has 5 rings (SSSR count). The summed E-state index contributed by atoms with van der Waals surface area (Å²) in [6.45, 7) is 8.39. The lowest BCUT2D eigenvalue weighted by atomic mass is 10.0. The minimum absolute atomic E-state index is 0.0114. The number of anilines is 2. The van der Waals surface area contributed by atoms with Crippen LogP contribution in [0.4, 0.5) is 11.5 Å². The summed E-state index contributed by atoms with van der Waals surface area (Å²) >= 11 is 0. The van der Waals surface area contributed by atoms with Gasteiger partial charge in [0.2, 0.25) is 5.91 Å². The Kier molecular flexibility index (Phi) is 5.70. The van der Waals surface area contributed by atoms with Crippen LogP contribution in [0.25, 0.3) is 10.9 Å². The SMILES string of the molecule is CC(=O)NC1(C)CCN(c2cc(N3CCS(O)(O)c4ccccc4C3)nc3ccc(C)cc23)C1. The zero-order valence-corrected chi connectivity index (χ0v) is 20.7. The van der Waals surface area contributed by atoms with Gasteiger partial charge >= 0.3 is 0 Å². The number of carbonyl (C=O) groups excluding carboxylic acids is 1. The van der Waals surface area contributed by atoms with Crippen LogP contribution < -0.4 is 15.1 Å². The first kappa shape index (κ1) is 23.0. The molecule has 0 bridgehead atoms. The highest BCUT2D eigenvalue weighted by atomic mass is 32.3. The third-order valence-corrected chi connectivity index (χ3v) is 8.73. The van der Waals surface area contributed by atoms with Gasteiger partial charge in [0.1, 0.15) is 5.82 Å². The Hall–Kier alpha value is -2.81. The summed E-state index contributed by atoms with van der Waals surface area (Å²) in [5.41, 5.74) is 3.83. The first-order valence-electron chi connectivity index (χ1n) is 11.7. The second-order valence-corrected chi connectivity index (χ2v) is 12.0. The van der Waals surface area contributed by atoms with Gasteiger partial charge in [0.15, 0.2) is 0 Å². The quantitative estimate of drug-likeness (QED) is 0.500. The summed E-state index contributed by atoms with van der Waals surface area (Å²) in [5.74, 6) is 1.09. The van der Waals surface area contributed by atoms with Gasteiger partial charge in [-0.1, -0.05) is 29.8 Å². The van der Waals surface area contributed by atoms with E-state index in [4.69, 9.17) is 4.98 Å². The molecule has 3 N–H and O–H groups in total. The number of fused-ring (bicyclic) bond motifs is 2. The number of carbonyl (C=O) groups is 1. The topological polar surface area (TPSA) is 88.9 Å². The summed E-state index contributed by atoms with van der Waals surface area (Å²) < 4.78 is 21.6. The van der Waals surface area contributed by atoms with Gasteiger partial charge in [-0.2, -0.15) is 10.6 Å². The van der Waals surface area contributed by atoms with Crippen molar-refractivity contribution in [1.29, 1.82) is 0 Å². The number of nitrogens with zero attached hydrogens (tertiary/aromatic N) is 3. The molecule has 1 aromatic heterocycles. The van der Waals surface area contributed by atoms with Gasteiger partial charge in [0.25, 0.3) is 0 Å². The van der Waals surface area contributed by atoms with Crippen molar-refractivity contribution in [3.63, 3.8) is 0 Å². The molecular weight excluding hydrogens is 448 g/mol. The summed E-state index contributed by atoms with van der Waals surface area (Å²) in [6.07, 6.45) is 0.871. The van der Waals surface area contributed by atoms with Gasteiger partial charge < -0.3 is 15.1 Å². The molecule has 7 nitrogen and oxygen atoms in total. The van der Waals surface area contributed by atoms with Crippen LogP contribution in [0, 0.1) is 6.92 Å². The van der Waals surface area contributed by atoms with Crippen molar-refractivity contribution in [2.45, 2.75) is 44.2 Å². The van der Waals surface area contributed by atoms with Crippen molar-refractivity contribution in [3.8, 4) is 0 Å². The number of amides is 1. The molecule has 0 radical (unpaired) electrons. The first-order valence-corrected chi connectivity index (χ1v) is 13.4. The molecule has 1 unspecified atom stereocenters. The number of benzene rings is 2. The molecular formula is C26H32N4O3S. The van der Waals surface area contributed by atoms with Crippen LogP contribution in [0.2, 0.25) is 0 Å². The maximum Gasteiger partial charge on any atom is 0.217 e. The summed E-state index contributed by atoms with van der Waals surface area (Å²) in [5, 5.41) is 4.22. The molecule has 0 spiro atoms. The zero-order valence-electron chi connectivity index (χ0n) is 19.9. The maximum absolute atomic E-state index is 11.8. The molecule has 1 fully saturated rings. The molecule has 0 aliphatic carbocycles. The Morgan fingerprint density at radius 3 is 2.71 bits per heavy atom. The second-order valence-electron chi connectivity index (χ2n) is 9.83. The van der Waals surface area contributed by atoms with Gasteiger partial charge in [0.05, 0.1) is 21.7 Å². The number of hydrogen-bond donors (Lipinski definition) is 3. The van der Waals surface area contributed by atoms with E-state index in [9.17, 15) is 13.9 Å². The van der Waals surface area contributed by atoms with Crippen molar-refractivity contribution in [2.24, 2.45) is 0 Å². The van der Waals surface area contributed by atoms with Crippen LogP contribution in [-0.2, 0) is 11.3 Å². The summed E-state index contributed by atoms with van der Waals surface area (Å²) in [6, 6.07) is 16.0.